The molecule has 0 fully saturated rings. The van der Waals surface area contributed by atoms with E-state index in [2.05, 4.69) is 43.5 Å². The van der Waals surface area contributed by atoms with Gasteiger partial charge in [-0.1, -0.05) is 18.3 Å². The normalized spacial score (nSPS) is 11.1. The van der Waals surface area contributed by atoms with Crippen LogP contribution in [0.3, 0.4) is 0 Å². The highest BCUT2D eigenvalue weighted by Gasteiger charge is 2.13. The molecule has 2 aromatic rings. The molecule has 0 aliphatic rings. The molecule has 0 aliphatic heterocycles. The summed E-state index contributed by atoms with van der Waals surface area (Å²) in [7, 11) is 0. The van der Waals surface area contributed by atoms with Crippen LogP contribution in [0.15, 0.2) is 4.47 Å². The monoisotopic (exact) mass is 315 g/mol. The van der Waals surface area contributed by atoms with Gasteiger partial charge in [0.25, 0.3) is 0 Å². The van der Waals surface area contributed by atoms with E-state index in [1.807, 2.05) is 18.5 Å². The zero-order valence-electron chi connectivity index (χ0n) is 9.99. The van der Waals surface area contributed by atoms with Gasteiger partial charge in [0.1, 0.15) is 5.01 Å². The molecule has 2 aromatic heterocycles. The number of nitrogens with one attached hydrogen (secondary N) is 1. The van der Waals surface area contributed by atoms with Crippen molar-refractivity contribution >= 4 is 27.3 Å². The van der Waals surface area contributed by atoms with Crippen molar-refractivity contribution in [3.05, 3.63) is 20.9 Å². The molecule has 5 nitrogen and oxygen atoms in total. The Balaban J connectivity index is 2.27. The molecule has 1 N–H and O–H groups in total. The molecule has 0 amide bonds. The van der Waals surface area contributed by atoms with Crippen molar-refractivity contribution in [2.24, 2.45) is 0 Å². The molecule has 0 bridgehead atoms. The average molecular weight is 316 g/mol. The van der Waals surface area contributed by atoms with E-state index in [-0.39, 0.29) is 0 Å². The van der Waals surface area contributed by atoms with Crippen molar-refractivity contribution in [2.45, 2.75) is 27.3 Å². The molecule has 0 radical (unpaired) electrons. The Morgan fingerprint density at radius 3 is 2.71 bits per heavy atom. The second-order valence-corrected chi connectivity index (χ2v) is 5.49. The topological polar surface area (TPSA) is 55.6 Å². The quantitative estimate of drug-likeness (QED) is 0.940. The Hall–Kier alpha value is -0.790. The first kappa shape index (κ1) is 12.7. The summed E-state index contributed by atoms with van der Waals surface area (Å²) in [4.78, 5) is 0. The number of aryl methyl sites for hydroxylation is 1. The highest BCUT2D eigenvalue weighted by atomic mass is 79.9. The first-order valence-corrected chi connectivity index (χ1v) is 6.99. The first-order valence-electron chi connectivity index (χ1n) is 5.38. The summed E-state index contributed by atoms with van der Waals surface area (Å²) in [6, 6.07) is 0. The van der Waals surface area contributed by atoms with Crippen molar-refractivity contribution in [3.63, 3.8) is 0 Å². The van der Waals surface area contributed by atoms with Crippen LogP contribution < -0.4 is 5.32 Å². The molecule has 0 unspecified atom stereocenters. The van der Waals surface area contributed by atoms with Crippen LogP contribution in [-0.4, -0.2) is 26.5 Å². The molecule has 0 atom stereocenters. The predicted molar refractivity (Wildman–Crippen MR) is 71.6 cm³/mol. The van der Waals surface area contributed by atoms with Crippen molar-refractivity contribution in [3.8, 4) is 5.13 Å². The lowest BCUT2D eigenvalue weighted by molar-refractivity contribution is 0.713. The minimum atomic E-state index is 0.759. The zero-order chi connectivity index (χ0) is 12.4. The van der Waals surface area contributed by atoms with Crippen LogP contribution in [0.2, 0.25) is 0 Å². The summed E-state index contributed by atoms with van der Waals surface area (Å²) in [5, 5.41) is 17.8. The fourth-order valence-electron chi connectivity index (χ4n) is 1.44. The van der Waals surface area contributed by atoms with Crippen molar-refractivity contribution in [1.82, 2.24) is 25.3 Å². The van der Waals surface area contributed by atoms with E-state index in [4.69, 9.17) is 0 Å². The summed E-state index contributed by atoms with van der Waals surface area (Å²) in [6.45, 7) is 7.73. The zero-order valence-corrected chi connectivity index (χ0v) is 12.4. The van der Waals surface area contributed by atoms with Gasteiger partial charge in [0, 0.05) is 6.54 Å². The lowest BCUT2D eigenvalue weighted by Crippen LogP contribution is -2.11. The second-order valence-electron chi connectivity index (χ2n) is 3.66. The van der Waals surface area contributed by atoms with E-state index in [1.165, 1.54) is 0 Å². The van der Waals surface area contributed by atoms with Crippen LogP contribution in [-0.2, 0) is 6.54 Å². The molecule has 17 heavy (non-hydrogen) atoms. The number of nitrogens with zero attached hydrogens (tertiary/aromatic N) is 4. The van der Waals surface area contributed by atoms with Crippen LogP contribution in [0, 0.1) is 13.8 Å². The highest BCUT2D eigenvalue weighted by Crippen LogP contribution is 2.24. The molecule has 0 saturated heterocycles. The summed E-state index contributed by atoms with van der Waals surface area (Å²) < 4.78 is 2.85. The number of aromatic nitrogens is 4. The van der Waals surface area contributed by atoms with E-state index in [0.29, 0.717) is 0 Å². The van der Waals surface area contributed by atoms with Crippen molar-refractivity contribution in [1.29, 1.82) is 0 Å². The van der Waals surface area contributed by atoms with E-state index in [9.17, 15) is 0 Å². The molecule has 0 aliphatic carbocycles. The fraction of sp³-hybridized carbons (Fsp3) is 0.500. The van der Waals surface area contributed by atoms with Gasteiger partial charge < -0.3 is 5.32 Å². The second kappa shape index (κ2) is 5.24. The Labute approximate surface area is 112 Å². The molecule has 0 saturated carbocycles. The highest BCUT2D eigenvalue weighted by molar-refractivity contribution is 9.10. The Kier molecular flexibility index (Phi) is 3.90. The fourth-order valence-corrected chi connectivity index (χ4v) is 2.50. The third-order valence-corrected chi connectivity index (χ3v) is 4.41. The lowest BCUT2D eigenvalue weighted by Gasteiger charge is -1.97. The molecule has 92 valence electrons. The Morgan fingerprint density at radius 1 is 1.35 bits per heavy atom. The average Bonchev–Trinajstić information content (AvgIpc) is 2.87. The molecular weight excluding hydrogens is 302 g/mol. The SMILES string of the molecule is CCNCc1nnc(-n2nc(C)c(Br)c2C)s1. The summed E-state index contributed by atoms with van der Waals surface area (Å²) in [5.41, 5.74) is 2.01. The van der Waals surface area contributed by atoms with Crippen molar-refractivity contribution in [2.75, 3.05) is 6.54 Å². The molecule has 0 spiro atoms. The van der Waals surface area contributed by atoms with Gasteiger partial charge >= 0.3 is 0 Å². The lowest BCUT2D eigenvalue weighted by atomic mass is 10.4. The summed E-state index contributed by atoms with van der Waals surface area (Å²) >= 11 is 5.06. The summed E-state index contributed by atoms with van der Waals surface area (Å²) in [5.74, 6) is 0. The number of rotatable bonds is 4. The van der Waals surface area contributed by atoms with Gasteiger partial charge in [-0.05, 0) is 36.3 Å². The van der Waals surface area contributed by atoms with Gasteiger partial charge in [0.05, 0.1) is 15.9 Å². The van der Waals surface area contributed by atoms with Crippen LogP contribution in [0.25, 0.3) is 5.13 Å². The van der Waals surface area contributed by atoms with E-state index >= 15 is 0 Å². The molecule has 7 heteroatoms. The van der Waals surface area contributed by atoms with Gasteiger partial charge in [-0.3, -0.25) is 0 Å². The van der Waals surface area contributed by atoms with E-state index in [0.717, 1.165) is 39.1 Å². The number of hydrogen-bond donors (Lipinski definition) is 1. The Bertz CT molecular complexity index is 519. The van der Waals surface area contributed by atoms with Crippen LogP contribution in [0.5, 0.6) is 0 Å². The standard InChI is InChI=1S/C10H14BrN5S/c1-4-12-5-8-13-14-10(17-8)16-7(3)9(11)6(2)15-16/h12H,4-5H2,1-3H3. The number of hydrogen-bond acceptors (Lipinski definition) is 5. The van der Waals surface area contributed by atoms with Gasteiger partial charge in [-0.2, -0.15) is 5.10 Å². The maximum Gasteiger partial charge on any atom is 0.233 e. The van der Waals surface area contributed by atoms with Gasteiger partial charge in [-0.25, -0.2) is 4.68 Å². The van der Waals surface area contributed by atoms with Crippen molar-refractivity contribution < 1.29 is 0 Å². The number of halogens is 1. The van der Waals surface area contributed by atoms with Gasteiger partial charge in [0.15, 0.2) is 0 Å². The Morgan fingerprint density at radius 2 is 2.12 bits per heavy atom. The minimum absolute atomic E-state index is 0.759. The molecular formula is C10H14BrN5S. The predicted octanol–water partition coefficient (Wildman–Crippen LogP) is 2.21. The minimum Gasteiger partial charge on any atom is -0.311 e. The van der Waals surface area contributed by atoms with Crippen LogP contribution in [0.1, 0.15) is 23.3 Å². The largest absolute Gasteiger partial charge is 0.311 e. The van der Waals surface area contributed by atoms with Crippen LogP contribution in [0.4, 0.5) is 0 Å². The van der Waals surface area contributed by atoms with Gasteiger partial charge in [-0.15, -0.1) is 10.2 Å². The summed E-state index contributed by atoms with van der Waals surface area (Å²) in [6.07, 6.45) is 0. The van der Waals surface area contributed by atoms with E-state index in [1.54, 1.807) is 11.3 Å². The molecule has 2 heterocycles. The first-order chi connectivity index (χ1) is 8.13. The third-order valence-electron chi connectivity index (χ3n) is 2.37. The maximum atomic E-state index is 4.43. The molecule has 0 aromatic carbocycles. The smallest absolute Gasteiger partial charge is 0.233 e. The third kappa shape index (κ3) is 2.56. The maximum absolute atomic E-state index is 4.43. The molecule has 2 rings (SSSR count). The van der Waals surface area contributed by atoms with Crippen LogP contribution >= 0.6 is 27.3 Å². The van der Waals surface area contributed by atoms with E-state index < -0.39 is 0 Å². The van der Waals surface area contributed by atoms with Gasteiger partial charge in [0.2, 0.25) is 5.13 Å².